The lowest BCUT2D eigenvalue weighted by atomic mass is 10.0. The van der Waals surface area contributed by atoms with Gasteiger partial charge in [0.05, 0.1) is 22.4 Å². The van der Waals surface area contributed by atoms with E-state index in [0.717, 1.165) is 112 Å². The highest BCUT2D eigenvalue weighted by atomic mass is 16.5. The van der Waals surface area contributed by atoms with Gasteiger partial charge in [0.25, 0.3) is 0 Å². The van der Waals surface area contributed by atoms with Crippen LogP contribution in [0.3, 0.4) is 0 Å². The van der Waals surface area contributed by atoms with E-state index in [0.29, 0.717) is 23.4 Å². The van der Waals surface area contributed by atoms with Crippen molar-refractivity contribution in [3.05, 3.63) is 309 Å². The first-order valence-corrected chi connectivity index (χ1v) is 27.2. The van der Waals surface area contributed by atoms with Crippen LogP contribution < -0.4 is 15.6 Å². The Kier molecular flexibility index (Phi) is 14.2. The Bertz CT molecular complexity index is 4370. The van der Waals surface area contributed by atoms with Gasteiger partial charge in [0.15, 0.2) is 0 Å². The highest BCUT2D eigenvalue weighted by Crippen LogP contribution is 2.41. The smallest absolute Gasteiger partial charge is 0.248 e. The second-order valence-corrected chi connectivity index (χ2v) is 19.7. The van der Waals surface area contributed by atoms with Crippen LogP contribution in [-0.2, 0) is 4.74 Å². The fraction of sp³-hybridized carbons (Fsp3) is 0. The van der Waals surface area contributed by atoms with Crippen LogP contribution in [0.5, 0.6) is 0 Å². The number of nitrogens with zero attached hydrogens (tertiary/aromatic N) is 7. The summed E-state index contributed by atoms with van der Waals surface area (Å²) in [7, 11) is 0. The van der Waals surface area contributed by atoms with Crippen LogP contribution in [0.25, 0.3) is 84.5 Å². The first-order chi connectivity index (χ1) is 41.0. The summed E-state index contributed by atoms with van der Waals surface area (Å²) in [4.78, 5) is 15.1. The normalized spacial score (nSPS) is 11.3. The molecule has 0 aliphatic carbocycles. The van der Waals surface area contributed by atoms with E-state index in [-0.39, 0.29) is 0 Å². The minimum atomic E-state index is 0.301. The quantitative estimate of drug-likeness (QED) is 0.0352. The third kappa shape index (κ3) is 10.9. The summed E-state index contributed by atoms with van der Waals surface area (Å²) < 4.78 is 12.0. The number of nitrogens with two attached hydrogens (primary N) is 1. The highest BCUT2D eigenvalue weighted by molar-refractivity contribution is 5.97. The van der Waals surface area contributed by atoms with Gasteiger partial charge in [-0.2, -0.15) is 0 Å². The summed E-state index contributed by atoms with van der Waals surface area (Å²) in [5.41, 5.74) is 18.9. The molecule has 10 heteroatoms. The van der Waals surface area contributed by atoms with Gasteiger partial charge >= 0.3 is 0 Å². The maximum absolute atomic E-state index is 6.03. The zero-order valence-corrected chi connectivity index (χ0v) is 44.9. The van der Waals surface area contributed by atoms with Gasteiger partial charge < -0.3 is 24.8 Å². The first-order valence-electron chi connectivity index (χ1n) is 27.2. The van der Waals surface area contributed by atoms with E-state index in [4.69, 9.17) is 25.0 Å². The Hall–Kier alpha value is -11.5. The largest absolute Gasteiger partial charge is 0.437 e. The molecule has 0 saturated carbocycles. The fourth-order valence-corrected chi connectivity index (χ4v) is 10.2. The second kappa shape index (κ2) is 23.1. The van der Waals surface area contributed by atoms with Crippen molar-refractivity contribution in [2.75, 3.05) is 9.80 Å². The molecule has 0 bridgehead atoms. The third-order valence-electron chi connectivity index (χ3n) is 14.5. The van der Waals surface area contributed by atoms with Gasteiger partial charge in [0.1, 0.15) is 5.76 Å². The second-order valence-electron chi connectivity index (χ2n) is 19.7. The molecule has 0 amide bonds. The SMILES string of the molecule is C=C(O/C(=N\N)c1ccccc1)c1ccc(-c2ccc(N(c3ccccc3)c3ccc(-c4nc5ccccc5nc4-c4ccc(N(c5ccccc5)c5ccc(-c6ccc(-c7nnc(-c8ccccc8)o7)cc6)cc5)cc4)cc3)cc2)cc1. The minimum Gasteiger partial charge on any atom is -0.437 e. The molecule has 0 fully saturated rings. The first kappa shape index (κ1) is 51.0. The Morgan fingerprint density at radius 3 is 1.06 bits per heavy atom. The number of hydrazone groups is 1. The van der Waals surface area contributed by atoms with E-state index < -0.39 is 0 Å². The van der Waals surface area contributed by atoms with Gasteiger partial charge in [-0.05, 0) is 144 Å². The molecule has 396 valence electrons. The van der Waals surface area contributed by atoms with Crippen LogP contribution in [0.15, 0.2) is 307 Å². The summed E-state index contributed by atoms with van der Waals surface area (Å²) in [5.74, 6) is 7.42. The number of fused-ring (bicyclic) bond motifs is 1. The average molecular weight is 1070 g/mol. The van der Waals surface area contributed by atoms with Crippen LogP contribution in [-0.4, -0.2) is 26.1 Å². The summed E-state index contributed by atoms with van der Waals surface area (Å²) in [6.07, 6.45) is 0. The average Bonchev–Trinajstić information content (AvgIpc) is 4.08. The summed E-state index contributed by atoms with van der Waals surface area (Å²) in [5, 5.41) is 12.4. The van der Waals surface area contributed by atoms with Crippen LogP contribution in [0, 0.1) is 0 Å². The molecule has 0 aliphatic heterocycles. The van der Waals surface area contributed by atoms with Crippen LogP contribution in [0.4, 0.5) is 34.1 Å². The van der Waals surface area contributed by atoms with Crippen molar-refractivity contribution < 1.29 is 9.15 Å². The van der Waals surface area contributed by atoms with Gasteiger partial charge in [-0.15, -0.1) is 15.3 Å². The fourth-order valence-electron chi connectivity index (χ4n) is 10.2. The number of aromatic nitrogens is 4. The van der Waals surface area contributed by atoms with Crippen molar-refractivity contribution >= 4 is 56.8 Å². The molecule has 0 spiro atoms. The molecule has 0 aliphatic rings. The number of hydrogen-bond acceptors (Lipinski definition) is 10. The molecule has 13 aromatic rings. The number of para-hydroxylation sites is 4. The van der Waals surface area contributed by atoms with Gasteiger partial charge in [0, 0.05) is 67.5 Å². The lowest BCUT2D eigenvalue weighted by Gasteiger charge is -2.26. The van der Waals surface area contributed by atoms with E-state index >= 15 is 0 Å². The number of rotatable bonds is 15. The minimum absolute atomic E-state index is 0.301. The molecule has 2 N–H and O–H groups in total. The molecule has 0 atom stereocenters. The van der Waals surface area contributed by atoms with E-state index in [2.05, 4.69) is 202 Å². The molecule has 11 aromatic carbocycles. The predicted octanol–water partition coefficient (Wildman–Crippen LogP) is 18.3. The highest BCUT2D eigenvalue weighted by Gasteiger charge is 2.20. The van der Waals surface area contributed by atoms with Gasteiger partial charge in [0.2, 0.25) is 17.7 Å². The number of anilines is 6. The van der Waals surface area contributed by atoms with Crippen molar-refractivity contribution in [2.45, 2.75) is 0 Å². The van der Waals surface area contributed by atoms with Crippen molar-refractivity contribution in [3.63, 3.8) is 0 Å². The Balaban J connectivity index is 0.759. The lowest BCUT2D eigenvalue weighted by molar-refractivity contribution is 0.508. The number of benzene rings is 11. The molecule has 2 aromatic heterocycles. The molecule has 83 heavy (non-hydrogen) atoms. The molecule has 0 saturated heterocycles. The molecule has 0 radical (unpaired) electrons. The van der Waals surface area contributed by atoms with E-state index in [9.17, 15) is 0 Å². The molecule has 10 nitrogen and oxygen atoms in total. The molecular formula is C73H52N8O2. The van der Waals surface area contributed by atoms with E-state index in [1.165, 1.54) is 0 Å². The van der Waals surface area contributed by atoms with E-state index in [1.807, 2.05) is 121 Å². The Morgan fingerprint density at radius 2 is 0.651 bits per heavy atom. The summed E-state index contributed by atoms with van der Waals surface area (Å²) in [6.45, 7) is 4.15. The van der Waals surface area contributed by atoms with Crippen molar-refractivity contribution in [1.82, 2.24) is 20.2 Å². The van der Waals surface area contributed by atoms with Crippen molar-refractivity contribution in [3.8, 4) is 67.7 Å². The Labute approximate surface area is 481 Å². The van der Waals surface area contributed by atoms with Gasteiger partial charge in [-0.25, -0.2) is 9.97 Å². The topological polar surface area (TPSA) is 119 Å². The number of ether oxygens (including phenoxy) is 1. The maximum atomic E-state index is 6.03. The number of hydrogen-bond donors (Lipinski definition) is 1. The van der Waals surface area contributed by atoms with Gasteiger partial charge in [-0.1, -0.05) is 176 Å². The third-order valence-corrected chi connectivity index (χ3v) is 14.5. The van der Waals surface area contributed by atoms with Crippen molar-refractivity contribution in [1.29, 1.82) is 0 Å². The maximum Gasteiger partial charge on any atom is 0.248 e. The Morgan fingerprint density at radius 1 is 0.337 bits per heavy atom. The predicted molar refractivity (Wildman–Crippen MR) is 337 cm³/mol. The van der Waals surface area contributed by atoms with Crippen LogP contribution in [0.2, 0.25) is 0 Å². The molecule has 2 heterocycles. The summed E-state index contributed by atoms with van der Waals surface area (Å²) in [6, 6.07) is 99.0. The zero-order valence-electron chi connectivity index (χ0n) is 44.9. The molecular weight excluding hydrogens is 1020 g/mol. The van der Waals surface area contributed by atoms with Crippen LogP contribution >= 0.6 is 0 Å². The monoisotopic (exact) mass is 1070 g/mol. The lowest BCUT2D eigenvalue weighted by Crippen LogP contribution is -2.10. The zero-order chi connectivity index (χ0) is 55.9. The van der Waals surface area contributed by atoms with Gasteiger partial charge in [-0.3, -0.25) is 0 Å². The van der Waals surface area contributed by atoms with Crippen molar-refractivity contribution in [2.24, 2.45) is 10.9 Å². The van der Waals surface area contributed by atoms with Crippen LogP contribution in [0.1, 0.15) is 11.1 Å². The molecule has 13 rings (SSSR count). The molecule has 0 unspecified atom stereocenters. The van der Waals surface area contributed by atoms with E-state index in [1.54, 1.807) is 0 Å². The summed E-state index contributed by atoms with van der Waals surface area (Å²) >= 11 is 0. The standard InChI is InChI=1S/C73H52N8O2/c1-50(82-71(77-74)58-16-6-2-7-17-58)51-26-28-52(29-27-51)54-34-42-63(43-35-54)80(61-20-10-4-11-21-61)65-46-38-56(39-47-65)69-70(76-68-25-15-14-24-67(68)75-69)57-40-48-66(49-41-57)81(62-22-12-5-13-23-62)64-44-36-55(37-45-64)53-30-32-60(33-31-53)73-79-78-72(83-73)59-18-8-3-9-19-59/h2-49H,1,74H2/b77-71-.